The molecule has 170 valence electrons. The Bertz CT molecular complexity index is 913. The smallest absolute Gasteiger partial charge is 0.231 e. The molecule has 2 amide bonds. The van der Waals surface area contributed by atoms with Crippen LogP contribution in [0, 0.1) is 5.92 Å². The zero-order valence-electron chi connectivity index (χ0n) is 18.9. The summed E-state index contributed by atoms with van der Waals surface area (Å²) in [7, 11) is 0. The molecule has 3 aliphatic heterocycles. The Labute approximate surface area is 189 Å². The van der Waals surface area contributed by atoms with Crippen LogP contribution in [0.25, 0.3) is 0 Å². The second-order valence-electron chi connectivity index (χ2n) is 8.69. The van der Waals surface area contributed by atoms with Gasteiger partial charge in [-0.15, -0.1) is 0 Å². The minimum absolute atomic E-state index is 0.00347. The van der Waals surface area contributed by atoms with Crippen molar-refractivity contribution in [2.24, 2.45) is 15.9 Å². The zero-order valence-corrected chi connectivity index (χ0v) is 18.9. The van der Waals surface area contributed by atoms with Crippen LogP contribution < -0.4 is 10.2 Å². The summed E-state index contributed by atoms with van der Waals surface area (Å²) in [6.07, 6.45) is 6.83. The van der Waals surface area contributed by atoms with Crippen molar-refractivity contribution in [1.82, 2.24) is 10.2 Å². The van der Waals surface area contributed by atoms with E-state index in [1.807, 2.05) is 31.0 Å². The van der Waals surface area contributed by atoms with E-state index >= 15 is 0 Å². The second-order valence-corrected chi connectivity index (χ2v) is 8.69. The Hall–Kier alpha value is -3.29. The zero-order chi connectivity index (χ0) is 23.1. The molecule has 0 spiro atoms. The van der Waals surface area contributed by atoms with Crippen molar-refractivity contribution in [2.75, 3.05) is 24.5 Å². The van der Waals surface area contributed by atoms with Crippen molar-refractivity contribution in [1.29, 1.82) is 0 Å². The Morgan fingerprint density at radius 3 is 2.56 bits per heavy atom. The third-order valence-electron chi connectivity index (χ3n) is 5.79. The Kier molecular flexibility index (Phi) is 7.56. The van der Waals surface area contributed by atoms with Gasteiger partial charge in [0.25, 0.3) is 0 Å². The number of anilines is 1. The van der Waals surface area contributed by atoms with Crippen molar-refractivity contribution in [2.45, 2.75) is 45.2 Å². The lowest BCUT2D eigenvalue weighted by atomic mass is 9.90. The van der Waals surface area contributed by atoms with Crippen molar-refractivity contribution >= 4 is 35.8 Å². The van der Waals surface area contributed by atoms with Crippen molar-refractivity contribution in [3.63, 3.8) is 0 Å². The van der Waals surface area contributed by atoms with Gasteiger partial charge >= 0.3 is 0 Å². The molecule has 0 radical (unpaired) electrons. The lowest BCUT2D eigenvalue weighted by Crippen LogP contribution is -2.55. The molecule has 32 heavy (non-hydrogen) atoms. The third-order valence-corrected chi connectivity index (χ3v) is 5.79. The number of ketones is 1. The molecular formula is C24H31N5O3. The molecule has 0 aliphatic carbocycles. The quantitative estimate of drug-likeness (QED) is 0.731. The van der Waals surface area contributed by atoms with Gasteiger partial charge in [-0.1, -0.05) is 25.1 Å². The van der Waals surface area contributed by atoms with Crippen LogP contribution in [0.15, 0.2) is 52.6 Å². The van der Waals surface area contributed by atoms with Crippen LogP contribution >= 0.6 is 0 Å². The average molecular weight is 438 g/mol. The van der Waals surface area contributed by atoms with Crippen molar-refractivity contribution in [3.05, 3.63) is 42.6 Å². The average Bonchev–Trinajstić information content (AvgIpc) is 3.20. The normalized spacial score (nSPS) is 25.3. The number of piperazine rings is 1. The fourth-order valence-electron chi connectivity index (χ4n) is 4.17. The lowest BCUT2D eigenvalue weighted by Gasteiger charge is -2.42. The summed E-state index contributed by atoms with van der Waals surface area (Å²) in [5.41, 5.74) is 0.904. The van der Waals surface area contributed by atoms with E-state index < -0.39 is 0 Å². The Morgan fingerprint density at radius 2 is 2.00 bits per heavy atom. The summed E-state index contributed by atoms with van der Waals surface area (Å²) >= 11 is 0. The number of aliphatic imine (C=N–C) groups is 2. The van der Waals surface area contributed by atoms with Crippen LogP contribution in [0.2, 0.25) is 0 Å². The van der Waals surface area contributed by atoms with E-state index in [9.17, 15) is 14.4 Å². The molecule has 3 heterocycles. The van der Waals surface area contributed by atoms with Gasteiger partial charge in [-0.2, -0.15) is 0 Å². The van der Waals surface area contributed by atoms with Gasteiger partial charge in [0, 0.05) is 49.7 Å². The summed E-state index contributed by atoms with van der Waals surface area (Å²) in [6.45, 7) is 8.64. The highest BCUT2D eigenvalue weighted by atomic mass is 16.2. The molecule has 4 rings (SSSR count). The van der Waals surface area contributed by atoms with Gasteiger partial charge in [-0.05, 0) is 38.5 Å². The molecule has 1 aromatic rings. The first-order valence-electron chi connectivity index (χ1n) is 10.9. The van der Waals surface area contributed by atoms with Gasteiger partial charge in [-0.25, -0.2) is 4.99 Å². The van der Waals surface area contributed by atoms with Crippen molar-refractivity contribution in [3.8, 4) is 0 Å². The summed E-state index contributed by atoms with van der Waals surface area (Å²) in [5, 5.41) is 2.37. The van der Waals surface area contributed by atoms with Crippen molar-refractivity contribution < 1.29 is 14.4 Å². The fraction of sp³-hybridized carbons (Fsp3) is 0.458. The predicted octanol–water partition coefficient (Wildman–Crippen LogP) is 2.21. The Balaban J connectivity index is 0.000000305. The lowest BCUT2D eigenvalue weighted by molar-refractivity contribution is -0.136. The maximum absolute atomic E-state index is 12.8. The van der Waals surface area contributed by atoms with Gasteiger partial charge in [0.05, 0.1) is 12.0 Å². The second kappa shape index (κ2) is 10.3. The first-order valence-corrected chi connectivity index (χ1v) is 10.9. The highest BCUT2D eigenvalue weighted by Gasteiger charge is 2.33. The number of para-hydroxylation sites is 1. The predicted molar refractivity (Wildman–Crippen MR) is 126 cm³/mol. The van der Waals surface area contributed by atoms with E-state index in [0.717, 1.165) is 19.6 Å². The molecule has 3 aliphatic rings. The molecule has 8 nitrogen and oxygen atoms in total. The van der Waals surface area contributed by atoms with E-state index in [-0.39, 0.29) is 35.5 Å². The monoisotopic (exact) mass is 437 g/mol. The van der Waals surface area contributed by atoms with E-state index in [4.69, 9.17) is 0 Å². The molecule has 8 heteroatoms. The van der Waals surface area contributed by atoms with Gasteiger partial charge in [-0.3, -0.25) is 19.4 Å². The maximum atomic E-state index is 12.8. The fourth-order valence-corrected chi connectivity index (χ4v) is 4.17. The maximum Gasteiger partial charge on any atom is 0.231 e. The van der Waals surface area contributed by atoms with Crippen LogP contribution in [-0.2, 0) is 14.4 Å². The van der Waals surface area contributed by atoms with E-state index in [1.54, 1.807) is 6.34 Å². The number of amides is 2. The molecular weight excluding hydrogens is 406 g/mol. The van der Waals surface area contributed by atoms with E-state index in [1.165, 1.54) is 18.0 Å². The minimum Gasteiger partial charge on any atom is -0.365 e. The first kappa shape index (κ1) is 23.4. The number of carbonyl (C=O) groups excluding carboxylic acids is 3. The molecule has 2 unspecified atom stereocenters. The highest BCUT2D eigenvalue weighted by molar-refractivity contribution is 6.06. The number of hydrogen-bond donors (Lipinski definition) is 1. The van der Waals surface area contributed by atoms with Gasteiger partial charge in [0.15, 0.2) is 5.78 Å². The van der Waals surface area contributed by atoms with Crippen LogP contribution in [0.1, 0.15) is 33.6 Å². The number of allylic oxidation sites excluding steroid dienone is 1. The minimum atomic E-state index is -0.327. The Morgan fingerprint density at radius 1 is 1.25 bits per heavy atom. The molecule has 1 saturated heterocycles. The summed E-state index contributed by atoms with van der Waals surface area (Å²) < 4.78 is 0. The number of rotatable bonds is 4. The molecule has 1 aromatic carbocycles. The number of benzene rings is 1. The molecule has 0 bridgehead atoms. The summed E-state index contributed by atoms with van der Waals surface area (Å²) in [4.78, 5) is 46.3. The van der Waals surface area contributed by atoms with E-state index in [2.05, 4.69) is 51.4 Å². The SMILES string of the molecule is CC(CC1(C)C=NC=N1)C(=O)N1CCN(c2ccccc2)[C@@H](C)C1.O=C1C=CNC(=O)C1. The highest BCUT2D eigenvalue weighted by Crippen LogP contribution is 2.25. The number of nitrogens with one attached hydrogen (secondary N) is 1. The number of carbonyl (C=O) groups is 3. The van der Waals surface area contributed by atoms with Gasteiger partial charge < -0.3 is 15.1 Å². The van der Waals surface area contributed by atoms with Crippen LogP contribution in [-0.4, -0.2) is 66.3 Å². The van der Waals surface area contributed by atoms with Crippen LogP contribution in [0.5, 0.6) is 0 Å². The topological polar surface area (TPSA) is 94.4 Å². The first-order chi connectivity index (χ1) is 15.3. The molecule has 0 saturated carbocycles. The van der Waals surface area contributed by atoms with E-state index in [0.29, 0.717) is 12.5 Å². The van der Waals surface area contributed by atoms with Gasteiger partial charge in [0.1, 0.15) is 6.34 Å². The number of hydrogen-bond acceptors (Lipinski definition) is 6. The molecule has 0 aromatic heterocycles. The molecule has 3 atom stereocenters. The summed E-state index contributed by atoms with van der Waals surface area (Å²) in [6, 6.07) is 10.7. The molecule has 1 fully saturated rings. The molecule has 1 N–H and O–H groups in total. The van der Waals surface area contributed by atoms with Crippen LogP contribution in [0.3, 0.4) is 0 Å². The van der Waals surface area contributed by atoms with Crippen LogP contribution in [0.4, 0.5) is 5.69 Å². The largest absolute Gasteiger partial charge is 0.365 e. The summed E-state index contributed by atoms with van der Waals surface area (Å²) in [5.74, 6) is -0.176. The number of nitrogens with zero attached hydrogens (tertiary/aromatic N) is 4. The standard InChI is InChI=1S/C19H26N4O.C5H5NO2/c1-15(11-19(3)13-20-14-21-19)18(24)22-9-10-23(16(2)12-22)17-7-5-4-6-8-17;7-4-1-2-6-5(8)3-4/h4-8,13-16H,9-12H2,1-3H3;1-2H,3H2,(H,6,8)/t15?,16-,19?;/m0./s1. The van der Waals surface area contributed by atoms with Gasteiger partial charge in [0.2, 0.25) is 11.8 Å². The third kappa shape index (κ3) is 6.12.